The van der Waals surface area contributed by atoms with Crippen LogP contribution in [0.1, 0.15) is 70.4 Å². The summed E-state index contributed by atoms with van der Waals surface area (Å²) in [6.07, 6.45) is 6.92. The maximum absolute atomic E-state index is 13.5. The van der Waals surface area contributed by atoms with E-state index in [0.29, 0.717) is 37.5 Å². The Morgan fingerprint density at radius 1 is 0.915 bits per heavy atom. The number of piperidine rings is 2. The van der Waals surface area contributed by atoms with Crippen molar-refractivity contribution < 1.29 is 28.6 Å². The van der Waals surface area contributed by atoms with Crippen LogP contribution in [0.5, 0.6) is 0 Å². The zero-order valence-electron chi connectivity index (χ0n) is 27.8. The average molecular weight is 643 g/mol. The third-order valence-electron chi connectivity index (χ3n) is 9.25. The molecule has 47 heavy (non-hydrogen) atoms. The van der Waals surface area contributed by atoms with Crippen molar-refractivity contribution in [2.24, 2.45) is 5.92 Å². The van der Waals surface area contributed by atoms with Crippen molar-refractivity contribution in [3.63, 3.8) is 0 Å². The quantitative estimate of drug-likeness (QED) is 0.206. The maximum atomic E-state index is 13.5. The summed E-state index contributed by atoms with van der Waals surface area (Å²) in [5, 5.41) is 4.06. The Morgan fingerprint density at radius 3 is 2.40 bits per heavy atom. The summed E-state index contributed by atoms with van der Waals surface area (Å²) in [5.41, 5.74) is 4.78. The van der Waals surface area contributed by atoms with Crippen molar-refractivity contribution in [1.82, 2.24) is 14.4 Å². The minimum absolute atomic E-state index is 0.0112. The molecule has 3 aromatic rings. The van der Waals surface area contributed by atoms with Crippen LogP contribution in [0, 0.1) is 5.92 Å². The van der Waals surface area contributed by atoms with Crippen molar-refractivity contribution in [3.8, 4) is 0 Å². The van der Waals surface area contributed by atoms with Gasteiger partial charge in [-0.05, 0) is 89.6 Å². The number of likely N-dealkylation sites (tertiary alicyclic amines) is 2. The lowest BCUT2D eigenvalue weighted by Gasteiger charge is -2.33. The first-order valence-electron chi connectivity index (χ1n) is 16.9. The van der Waals surface area contributed by atoms with Gasteiger partial charge in [0.1, 0.15) is 5.60 Å². The number of benzene rings is 2. The van der Waals surface area contributed by atoms with Crippen LogP contribution in [0.3, 0.4) is 0 Å². The minimum Gasteiger partial charge on any atom is -0.444 e. The van der Waals surface area contributed by atoms with E-state index in [9.17, 15) is 14.4 Å². The van der Waals surface area contributed by atoms with Crippen LogP contribution in [0.4, 0.5) is 15.3 Å². The van der Waals surface area contributed by atoms with Crippen LogP contribution in [0.2, 0.25) is 0 Å². The molecule has 0 aliphatic carbocycles. The number of rotatable bonds is 8. The second-order valence-corrected chi connectivity index (χ2v) is 13.8. The van der Waals surface area contributed by atoms with Crippen molar-refractivity contribution in [1.29, 1.82) is 0 Å². The van der Waals surface area contributed by atoms with Gasteiger partial charge in [-0.1, -0.05) is 42.8 Å². The summed E-state index contributed by atoms with van der Waals surface area (Å²) in [6, 6.07) is 15.9. The van der Waals surface area contributed by atoms with Gasteiger partial charge in [0.15, 0.2) is 6.73 Å². The smallest absolute Gasteiger partial charge is 0.444 e. The largest absolute Gasteiger partial charge is 0.510 e. The number of para-hydroxylation sites is 2. The molecule has 0 radical (unpaired) electrons. The Balaban J connectivity index is 1.12. The molecule has 3 aliphatic rings. The summed E-state index contributed by atoms with van der Waals surface area (Å²) < 4.78 is 18.4. The van der Waals surface area contributed by atoms with Gasteiger partial charge in [0.2, 0.25) is 0 Å². The van der Waals surface area contributed by atoms with Crippen LogP contribution in [0.15, 0.2) is 54.7 Å². The molecule has 2 saturated heterocycles. The first kappa shape index (κ1) is 32.6. The van der Waals surface area contributed by atoms with Gasteiger partial charge in [-0.15, -0.1) is 0 Å². The Hall–Kier alpha value is -4.31. The number of amides is 2. The number of nitrogens with zero attached hydrogens (tertiary/aromatic N) is 3. The molecular formula is C37H46N4O6. The molecule has 2 fully saturated rings. The highest BCUT2D eigenvalue weighted by Crippen LogP contribution is 2.40. The predicted molar refractivity (Wildman–Crippen MR) is 182 cm³/mol. The van der Waals surface area contributed by atoms with E-state index in [1.807, 2.05) is 74.0 Å². The van der Waals surface area contributed by atoms with E-state index in [0.717, 1.165) is 72.1 Å². The first-order chi connectivity index (χ1) is 22.7. The Morgan fingerprint density at radius 2 is 1.64 bits per heavy atom. The van der Waals surface area contributed by atoms with E-state index in [4.69, 9.17) is 14.2 Å². The lowest BCUT2D eigenvalue weighted by atomic mass is 9.94. The van der Waals surface area contributed by atoms with Crippen molar-refractivity contribution in [2.45, 2.75) is 71.6 Å². The number of carbonyl (C=O) groups excluding carboxylic acids is 3. The van der Waals surface area contributed by atoms with Gasteiger partial charge in [-0.2, -0.15) is 0 Å². The molecule has 1 N–H and O–H groups in total. The molecule has 1 aromatic heterocycles. The van der Waals surface area contributed by atoms with E-state index >= 15 is 0 Å². The monoisotopic (exact) mass is 642 g/mol. The lowest BCUT2D eigenvalue weighted by Crippen LogP contribution is -2.41. The molecule has 0 bridgehead atoms. The first-order valence-corrected chi connectivity index (χ1v) is 16.9. The highest BCUT2D eigenvalue weighted by Gasteiger charge is 2.31. The van der Waals surface area contributed by atoms with Gasteiger partial charge >= 0.3 is 12.2 Å². The van der Waals surface area contributed by atoms with Crippen molar-refractivity contribution in [2.75, 3.05) is 44.6 Å². The second-order valence-electron chi connectivity index (χ2n) is 13.8. The van der Waals surface area contributed by atoms with Crippen LogP contribution < -0.4 is 5.32 Å². The number of aromatic nitrogens is 1. The summed E-state index contributed by atoms with van der Waals surface area (Å²) in [4.78, 5) is 42.6. The highest BCUT2D eigenvalue weighted by molar-refractivity contribution is 6.37. The average Bonchev–Trinajstić information content (AvgIpc) is 3.59. The van der Waals surface area contributed by atoms with Gasteiger partial charge in [0.05, 0.1) is 17.7 Å². The van der Waals surface area contributed by atoms with Gasteiger partial charge in [-0.25, -0.2) is 9.59 Å². The molecule has 4 heterocycles. The number of ether oxygens (including phenoxy) is 3. The molecule has 3 aliphatic heterocycles. The summed E-state index contributed by atoms with van der Waals surface area (Å²) in [7, 11) is 0. The van der Waals surface area contributed by atoms with Crippen LogP contribution in [0.25, 0.3) is 22.0 Å². The lowest BCUT2D eigenvalue weighted by molar-refractivity contribution is -0.110. The topological polar surface area (TPSA) is 102 Å². The molecule has 0 atom stereocenters. The maximum Gasteiger partial charge on any atom is 0.510 e. The number of nitrogens with one attached hydrogen (secondary N) is 1. The normalized spacial score (nSPS) is 18.5. The molecular weight excluding hydrogens is 596 g/mol. The summed E-state index contributed by atoms with van der Waals surface area (Å²) in [6.45, 7) is 9.77. The van der Waals surface area contributed by atoms with Gasteiger partial charge in [-0.3, -0.25) is 9.69 Å². The number of anilines is 1. The Bertz CT molecular complexity index is 1640. The molecule has 250 valence electrons. The fraction of sp³-hybridized carbons (Fsp3) is 0.486. The van der Waals surface area contributed by atoms with E-state index in [1.165, 1.54) is 6.42 Å². The number of carbonyl (C=O) groups is 3. The van der Waals surface area contributed by atoms with Crippen LogP contribution >= 0.6 is 0 Å². The Labute approximate surface area is 276 Å². The zero-order chi connectivity index (χ0) is 33.0. The van der Waals surface area contributed by atoms with E-state index in [-0.39, 0.29) is 25.3 Å². The van der Waals surface area contributed by atoms with Crippen LogP contribution in [-0.4, -0.2) is 77.5 Å². The fourth-order valence-electron chi connectivity index (χ4n) is 6.85. The van der Waals surface area contributed by atoms with Gasteiger partial charge in [0.25, 0.3) is 5.91 Å². The molecule has 0 unspecified atom stereocenters. The Kier molecular flexibility index (Phi) is 9.87. The van der Waals surface area contributed by atoms with Crippen LogP contribution in [-0.2, 0) is 25.7 Å². The predicted octanol–water partition coefficient (Wildman–Crippen LogP) is 7.14. The summed E-state index contributed by atoms with van der Waals surface area (Å²) in [5.74, 6) is 0.270. The molecule has 10 nitrogen and oxygen atoms in total. The number of hydrogen-bond acceptors (Lipinski definition) is 7. The van der Waals surface area contributed by atoms with Crippen molar-refractivity contribution >= 4 is 45.9 Å². The molecule has 2 aromatic carbocycles. The SMILES string of the molecule is CC(C)(C)OC(=O)N1CCC(CCOC(=O)OCn2cc(C(CN3CCCCC3)=C3C(=O)Nc4ccccc43)c3ccccc32)CC1. The van der Waals surface area contributed by atoms with E-state index < -0.39 is 11.8 Å². The molecule has 0 saturated carbocycles. The summed E-state index contributed by atoms with van der Waals surface area (Å²) >= 11 is 0. The molecule has 6 rings (SSSR count). The fourth-order valence-corrected chi connectivity index (χ4v) is 6.85. The van der Waals surface area contributed by atoms with E-state index in [2.05, 4.69) is 16.3 Å². The van der Waals surface area contributed by atoms with Gasteiger partial charge < -0.3 is 29.0 Å². The third-order valence-corrected chi connectivity index (χ3v) is 9.25. The minimum atomic E-state index is -0.716. The highest BCUT2D eigenvalue weighted by atomic mass is 16.7. The second kappa shape index (κ2) is 14.2. The third kappa shape index (κ3) is 7.81. The van der Waals surface area contributed by atoms with Crippen molar-refractivity contribution in [3.05, 3.63) is 65.9 Å². The standard InChI is InChI=1S/C37H46N4O6/c1-37(2,3)47-35(43)40-20-15-26(16-21-40)17-22-45-36(44)46-25-41-24-29(27-11-6-8-14-32(27)41)30(23-39-18-9-4-10-19-39)33-28-12-5-7-13-31(28)38-34(33)42/h5-8,11-14,24,26H,4,9-10,15-23,25H2,1-3H3,(H,38,42). The molecule has 2 amide bonds. The van der Waals surface area contributed by atoms with E-state index in [1.54, 1.807) is 4.90 Å². The molecule has 10 heteroatoms. The molecule has 0 spiro atoms. The van der Waals surface area contributed by atoms with Gasteiger partial charge in [0, 0.05) is 48.0 Å². The number of hydrogen-bond donors (Lipinski definition) is 1. The zero-order valence-corrected chi connectivity index (χ0v) is 27.8. The number of fused-ring (bicyclic) bond motifs is 2.